The molecule has 0 N–H and O–H groups in total. The van der Waals surface area contributed by atoms with Crippen molar-refractivity contribution in [2.45, 2.75) is 50.8 Å². The molecule has 4 rings (SSSR count). The normalized spacial score (nSPS) is 24.3. The molecule has 0 bridgehead atoms. The Morgan fingerprint density at radius 3 is 2.67 bits per heavy atom. The Labute approximate surface area is 147 Å². The lowest BCUT2D eigenvalue weighted by atomic mass is 9.86. The van der Waals surface area contributed by atoms with Crippen molar-refractivity contribution >= 4 is 11.6 Å². The number of methoxy groups -OCH3 is 1. The van der Waals surface area contributed by atoms with Gasteiger partial charge in [-0.3, -0.25) is 9.47 Å². The van der Waals surface area contributed by atoms with E-state index in [1.807, 2.05) is 13.2 Å². The molecule has 0 unspecified atom stereocenters. The van der Waals surface area contributed by atoms with E-state index in [-0.39, 0.29) is 0 Å². The first-order valence-corrected chi connectivity index (χ1v) is 8.98. The van der Waals surface area contributed by atoms with Gasteiger partial charge >= 0.3 is 0 Å². The minimum atomic E-state index is 0.394. The zero-order valence-corrected chi connectivity index (χ0v) is 15.0. The van der Waals surface area contributed by atoms with E-state index >= 15 is 0 Å². The molecule has 1 aromatic carbocycles. The third kappa shape index (κ3) is 2.85. The van der Waals surface area contributed by atoms with Crippen LogP contribution in [-0.4, -0.2) is 39.9 Å². The van der Waals surface area contributed by atoms with Crippen LogP contribution in [0.15, 0.2) is 18.2 Å². The molecule has 128 valence electrons. The van der Waals surface area contributed by atoms with Crippen molar-refractivity contribution in [3.05, 3.63) is 40.4 Å². The molecule has 1 saturated carbocycles. The predicted molar refractivity (Wildman–Crippen MR) is 93.5 cm³/mol. The first-order valence-electron chi connectivity index (χ1n) is 8.60. The minimum absolute atomic E-state index is 0.394. The van der Waals surface area contributed by atoms with Crippen LogP contribution in [0.25, 0.3) is 5.69 Å². The maximum Gasteiger partial charge on any atom is 0.151 e. The van der Waals surface area contributed by atoms with Gasteiger partial charge in [-0.15, -0.1) is 10.2 Å². The van der Waals surface area contributed by atoms with Crippen LogP contribution in [0.5, 0.6) is 0 Å². The van der Waals surface area contributed by atoms with Crippen molar-refractivity contribution < 1.29 is 4.74 Å². The van der Waals surface area contributed by atoms with Gasteiger partial charge in [-0.1, -0.05) is 11.6 Å². The van der Waals surface area contributed by atoms with Crippen molar-refractivity contribution in [2.75, 3.05) is 14.2 Å². The largest absolute Gasteiger partial charge is 0.381 e. The van der Waals surface area contributed by atoms with Gasteiger partial charge in [-0.25, -0.2) is 0 Å². The summed E-state index contributed by atoms with van der Waals surface area (Å²) in [4.78, 5) is 2.26. The van der Waals surface area contributed by atoms with Gasteiger partial charge in [-0.2, -0.15) is 0 Å². The summed E-state index contributed by atoms with van der Waals surface area (Å²) in [5, 5.41) is 9.87. The Morgan fingerprint density at radius 1 is 1.12 bits per heavy atom. The molecule has 2 aliphatic rings. The van der Waals surface area contributed by atoms with E-state index in [2.05, 4.69) is 38.8 Å². The summed E-state index contributed by atoms with van der Waals surface area (Å²) < 4.78 is 7.78. The molecule has 0 spiro atoms. The van der Waals surface area contributed by atoms with Gasteiger partial charge in [0.1, 0.15) is 5.82 Å². The van der Waals surface area contributed by atoms with Gasteiger partial charge in [0.2, 0.25) is 0 Å². The summed E-state index contributed by atoms with van der Waals surface area (Å²) in [5.74, 6) is 2.56. The van der Waals surface area contributed by atoms with E-state index in [1.165, 1.54) is 11.3 Å². The highest BCUT2D eigenvalue weighted by atomic mass is 35.5. The second-order valence-electron chi connectivity index (χ2n) is 6.96. The molecule has 0 radical (unpaired) electrons. The summed E-state index contributed by atoms with van der Waals surface area (Å²) in [6, 6.07) is 6.13. The highest BCUT2D eigenvalue weighted by Gasteiger charge is 2.29. The fraction of sp³-hybridized carbons (Fsp3) is 0.556. The van der Waals surface area contributed by atoms with Crippen LogP contribution in [-0.2, 0) is 17.8 Å². The van der Waals surface area contributed by atoms with Crippen molar-refractivity contribution in [3.8, 4) is 5.69 Å². The van der Waals surface area contributed by atoms with Gasteiger partial charge in [0.15, 0.2) is 5.82 Å². The molecule has 1 aliphatic heterocycles. The molecule has 1 aliphatic carbocycles. The van der Waals surface area contributed by atoms with Crippen molar-refractivity contribution in [1.82, 2.24) is 19.7 Å². The van der Waals surface area contributed by atoms with Crippen molar-refractivity contribution in [1.29, 1.82) is 0 Å². The number of benzene rings is 1. The van der Waals surface area contributed by atoms with E-state index < -0.39 is 0 Å². The first kappa shape index (κ1) is 16.1. The Bertz CT molecular complexity index is 737. The molecule has 0 saturated heterocycles. The lowest BCUT2D eigenvalue weighted by molar-refractivity contribution is 0.0649. The Morgan fingerprint density at radius 2 is 1.92 bits per heavy atom. The molecule has 0 atom stereocenters. The zero-order chi connectivity index (χ0) is 16.7. The summed E-state index contributed by atoms with van der Waals surface area (Å²) in [5.41, 5.74) is 2.41. The van der Waals surface area contributed by atoms with Crippen LogP contribution in [0.3, 0.4) is 0 Å². The highest BCUT2D eigenvalue weighted by molar-refractivity contribution is 6.30. The van der Waals surface area contributed by atoms with Gasteiger partial charge < -0.3 is 4.74 Å². The van der Waals surface area contributed by atoms with E-state index in [9.17, 15) is 0 Å². The van der Waals surface area contributed by atoms with Crippen molar-refractivity contribution in [2.24, 2.45) is 0 Å². The quantitative estimate of drug-likeness (QED) is 0.834. The molecule has 0 amide bonds. The van der Waals surface area contributed by atoms with Gasteiger partial charge in [0.25, 0.3) is 0 Å². The van der Waals surface area contributed by atoms with Crippen LogP contribution in [0.2, 0.25) is 5.02 Å². The first-order chi connectivity index (χ1) is 11.7. The number of hydrogen-bond donors (Lipinski definition) is 0. The van der Waals surface area contributed by atoms with E-state index in [0.717, 1.165) is 55.4 Å². The van der Waals surface area contributed by atoms with Crippen molar-refractivity contribution in [3.63, 3.8) is 0 Å². The van der Waals surface area contributed by atoms with E-state index in [1.54, 1.807) is 0 Å². The van der Waals surface area contributed by atoms with Crippen LogP contribution < -0.4 is 0 Å². The molecule has 1 aromatic heterocycles. The lowest BCUT2D eigenvalue weighted by Crippen LogP contribution is -2.21. The number of fused-ring (bicyclic) bond motifs is 3. The number of hydrogen-bond acceptors (Lipinski definition) is 4. The smallest absolute Gasteiger partial charge is 0.151 e. The molecular weight excluding hydrogens is 324 g/mol. The lowest BCUT2D eigenvalue weighted by Gasteiger charge is -2.27. The third-order valence-electron chi connectivity index (χ3n) is 5.26. The maximum atomic E-state index is 6.23. The average Bonchev–Trinajstić information content (AvgIpc) is 2.92. The molecule has 6 heteroatoms. The minimum Gasteiger partial charge on any atom is -0.381 e. The number of rotatable bonds is 2. The molecule has 24 heavy (non-hydrogen) atoms. The number of aromatic nitrogens is 3. The summed E-state index contributed by atoms with van der Waals surface area (Å²) in [6.07, 6.45) is 4.79. The molecule has 2 aromatic rings. The standard InChI is InChI=1S/C18H23ClN4O/c1-22-10-13-9-14(19)5-8-16(13)23-17(11-22)20-21-18(23)12-3-6-15(24-2)7-4-12/h5,8-9,12,15H,3-4,6-7,10-11H2,1-2H3/t12-,15+. The second-order valence-corrected chi connectivity index (χ2v) is 7.40. The monoisotopic (exact) mass is 346 g/mol. The SMILES string of the molecule is CO[C@H]1CC[C@@H](c2nnc3n2-c2ccc(Cl)cc2CN(C)C3)CC1. The Hall–Kier alpha value is -1.43. The fourth-order valence-corrected chi connectivity index (χ4v) is 4.20. The third-order valence-corrected chi connectivity index (χ3v) is 5.50. The predicted octanol–water partition coefficient (Wildman–Crippen LogP) is 3.54. The average molecular weight is 347 g/mol. The van der Waals surface area contributed by atoms with Gasteiger partial charge in [-0.05, 0) is 56.5 Å². The Kier molecular flexibility index (Phi) is 4.33. The topological polar surface area (TPSA) is 43.2 Å². The number of nitrogens with zero attached hydrogens (tertiary/aromatic N) is 4. The molecule has 5 nitrogen and oxygen atoms in total. The summed E-state index contributed by atoms with van der Waals surface area (Å²) >= 11 is 6.23. The van der Waals surface area contributed by atoms with Gasteiger partial charge in [0.05, 0.1) is 18.3 Å². The van der Waals surface area contributed by atoms with Crippen LogP contribution in [0.1, 0.15) is 48.8 Å². The van der Waals surface area contributed by atoms with Crippen LogP contribution in [0.4, 0.5) is 0 Å². The highest BCUT2D eigenvalue weighted by Crippen LogP contribution is 2.36. The summed E-state index contributed by atoms with van der Waals surface area (Å²) in [7, 11) is 3.92. The maximum absolute atomic E-state index is 6.23. The number of ether oxygens (including phenoxy) is 1. The zero-order valence-electron chi connectivity index (χ0n) is 14.2. The second kappa shape index (κ2) is 6.47. The van der Waals surface area contributed by atoms with E-state index in [0.29, 0.717) is 12.0 Å². The van der Waals surface area contributed by atoms with E-state index in [4.69, 9.17) is 16.3 Å². The van der Waals surface area contributed by atoms with Crippen LogP contribution in [0, 0.1) is 0 Å². The van der Waals surface area contributed by atoms with Crippen LogP contribution >= 0.6 is 11.6 Å². The molecule has 1 fully saturated rings. The molecular formula is C18H23ClN4O. The summed E-state index contributed by atoms with van der Waals surface area (Å²) in [6.45, 7) is 1.67. The molecule has 2 heterocycles. The Balaban J connectivity index is 1.75. The number of halogens is 1. The van der Waals surface area contributed by atoms with Gasteiger partial charge in [0, 0.05) is 24.6 Å². The fourth-order valence-electron chi connectivity index (χ4n) is 4.00.